The van der Waals surface area contributed by atoms with Crippen LogP contribution < -0.4 is 16.8 Å². The molecule has 2 heterocycles. The lowest BCUT2D eigenvalue weighted by atomic mass is 9.86. The molecule has 0 radical (unpaired) electrons. The van der Waals surface area contributed by atoms with Crippen molar-refractivity contribution in [2.24, 2.45) is 5.73 Å². The fourth-order valence-electron chi connectivity index (χ4n) is 2.87. The zero-order valence-corrected chi connectivity index (χ0v) is 12.7. The number of carbonyl (C=O) groups excluding carboxylic acids is 1. The minimum Gasteiger partial charge on any atom is -0.397 e. The molecular formula is C15H24N4O2. The average Bonchev–Trinajstić information content (AvgIpc) is 2.49. The van der Waals surface area contributed by atoms with Gasteiger partial charge in [-0.25, -0.2) is 4.98 Å². The third-order valence-electron chi connectivity index (χ3n) is 4.30. The summed E-state index contributed by atoms with van der Waals surface area (Å²) in [5.74, 6) is -0.0219. The van der Waals surface area contributed by atoms with E-state index in [1.807, 2.05) is 0 Å². The van der Waals surface area contributed by atoms with Crippen LogP contribution in [0.25, 0.3) is 0 Å². The van der Waals surface area contributed by atoms with E-state index in [9.17, 15) is 4.79 Å². The Hall–Kier alpha value is -1.82. The van der Waals surface area contributed by atoms with Crippen LogP contribution in [0.2, 0.25) is 0 Å². The van der Waals surface area contributed by atoms with Gasteiger partial charge in [-0.1, -0.05) is 13.8 Å². The lowest BCUT2D eigenvalue weighted by molar-refractivity contribution is -0.0864. The Morgan fingerprint density at radius 3 is 2.86 bits per heavy atom. The van der Waals surface area contributed by atoms with Gasteiger partial charge in [-0.2, -0.15) is 0 Å². The molecular weight excluding hydrogens is 268 g/mol. The summed E-state index contributed by atoms with van der Waals surface area (Å²) < 4.78 is 5.96. The van der Waals surface area contributed by atoms with E-state index in [1.165, 1.54) is 6.20 Å². The van der Waals surface area contributed by atoms with E-state index in [-0.39, 0.29) is 11.6 Å². The summed E-state index contributed by atoms with van der Waals surface area (Å²) in [7, 11) is 0. The number of pyridine rings is 1. The van der Waals surface area contributed by atoms with Crippen molar-refractivity contribution in [3.63, 3.8) is 0 Å². The van der Waals surface area contributed by atoms with Crippen LogP contribution >= 0.6 is 0 Å². The first-order chi connectivity index (χ1) is 9.99. The highest BCUT2D eigenvalue weighted by atomic mass is 16.5. The number of rotatable bonds is 5. The second kappa shape index (κ2) is 6.30. The molecule has 6 heteroatoms. The van der Waals surface area contributed by atoms with Gasteiger partial charge in [0.2, 0.25) is 0 Å². The quantitative estimate of drug-likeness (QED) is 0.769. The first-order valence-electron chi connectivity index (χ1n) is 7.45. The Labute approximate surface area is 125 Å². The van der Waals surface area contributed by atoms with Crippen LogP contribution in [0.1, 0.15) is 49.9 Å². The van der Waals surface area contributed by atoms with E-state index in [1.54, 1.807) is 6.07 Å². The number of nitrogens with two attached hydrogens (primary N) is 2. The Morgan fingerprint density at radius 1 is 1.52 bits per heavy atom. The first kappa shape index (κ1) is 15.6. The predicted octanol–water partition coefficient (Wildman–Crippen LogP) is 1.91. The van der Waals surface area contributed by atoms with Crippen LogP contribution in [-0.2, 0) is 4.74 Å². The van der Waals surface area contributed by atoms with Gasteiger partial charge in [-0.05, 0) is 31.7 Å². The highest BCUT2D eigenvalue weighted by Crippen LogP contribution is 2.33. The van der Waals surface area contributed by atoms with Crippen LogP contribution in [0, 0.1) is 0 Å². The maximum Gasteiger partial charge on any atom is 0.252 e. The lowest BCUT2D eigenvalue weighted by Gasteiger charge is -2.40. The van der Waals surface area contributed by atoms with Crippen molar-refractivity contribution >= 4 is 17.4 Å². The van der Waals surface area contributed by atoms with Crippen molar-refractivity contribution in [2.75, 3.05) is 17.7 Å². The molecule has 116 valence electrons. The standard InChI is InChI=1S/C15H24N4O2/c1-3-15(4-2)8-11(5-6-21-15)19-14-12(13(17)20)7-10(16)9-18-14/h7,9,11H,3-6,8,16H2,1-2H3,(H2,17,20)(H,18,19). The van der Waals surface area contributed by atoms with Gasteiger partial charge in [-0.15, -0.1) is 0 Å². The summed E-state index contributed by atoms with van der Waals surface area (Å²) in [5, 5.41) is 3.33. The molecule has 1 saturated heterocycles. The molecule has 1 atom stereocenters. The molecule has 1 amide bonds. The normalized spacial score (nSPS) is 21.0. The molecule has 0 spiro atoms. The number of primary amides is 1. The first-order valence-corrected chi connectivity index (χ1v) is 7.45. The van der Waals surface area contributed by atoms with Gasteiger partial charge < -0.3 is 21.5 Å². The number of carbonyl (C=O) groups is 1. The molecule has 0 aromatic carbocycles. The molecule has 0 saturated carbocycles. The Balaban J connectivity index is 2.16. The smallest absolute Gasteiger partial charge is 0.252 e. The van der Waals surface area contributed by atoms with Crippen LogP contribution in [0.3, 0.4) is 0 Å². The fraction of sp³-hybridized carbons (Fsp3) is 0.600. The van der Waals surface area contributed by atoms with Gasteiger partial charge in [0, 0.05) is 12.6 Å². The molecule has 2 rings (SSSR count). The SMILES string of the molecule is CCC1(CC)CC(Nc2ncc(N)cc2C(N)=O)CCO1. The number of anilines is 2. The molecule has 5 N–H and O–H groups in total. The molecule has 1 aliphatic rings. The van der Waals surface area contributed by atoms with E-state index >= 15 is 0 Å². The van der Waals surface area contributed by atoms with E-state index in [4.69, 9.17) is 16.2 Å². The molecule has 0 bridgehead atoms. The third-order valence-corrected chi connectivity index (χ3v) is 4.30. The van der Waals surface area contributed by atoms with Gasteiger partial charge in [0.15, 0.2) is 0 Å². The summed E-state index contributed by atoms with van der Waals surface area (Å²) in [4.78, 5) is 15.7. The molecule has 6 nitrogen and oxygen atoms in total. The number of amides is 1. The Bertz CT molecular complexity index is 514. The minimum absolute atomic E-state index is 0.0867. The summed E-state index contributed by atoms with van der Waals surface area (Å²) in [6, 6.07) is 1.78. The van der Waals surface area contributed by atoms with Crippen molar-refractivity contribution in [3.05, 3.63) is 17.8 Å². The van der Waals surface area contributed by atoms with Crippen molar-refractivity contribution in [3.8, 4) is 0 Å². The third kappa shape index (κ3) is 3.44. The fourth-order valence-corrected chi connectivity index (χ4v) is 2.87. The largest absolute Gasteiger partial charge is 0.397 e. The lowest BCUT2D eigenvalue weighted by Crippen LogP contribution is -2.44. The van der Waals surface area contributed by atoms with Crippen molar-refractivity contribution < 1.29 is 9.53 Å². The monoisotopic (exact) mass is 292 g/mol. The molecule has 1 aliphatic heterocycles. The van der Waals surface area contributed by atoms with E-state index < -0.39 is 5.91 Å². The highest BCUT2D eigenvalue weighted by Gasteiger charge is 2.34. The van der Waals surface area contributed by atoms with Gasteiger partial charge in [0.05, 0.1) is 23.0 Å². The number of nitrogens with one attached hydrogen (secondary N) is 1. The number of ether oxygens (including phenoxy) is 1. The second-order valence-electron chi connectivity index (χ2n) is 5.60. The van der Waals surface area contributed by atoms with E-state index in [0.717, 1.165) is 25.7 Å². The van der Waals surface area contributed by atoms with Gasteiger partial charge in [-0.3, -0.25) is 4.79 Å². The molecule has 1 aromatic heterocycles. The van der Waals surface area contributed by atoms with Gasteiger partial charge >= 0.3 is 0 Å². The molecule has 0 aliphatic carbocycles. The Kier molecular flexibility index (Phi) is 4.67. The highest BCUT2D eigenvalue weighted by molar-refractivity contribution is 5.98. The second-order valence-corrected chi connectivity index (χ2v) is 5.60. The average molecular weight is 292 g/mol. The van der Waals surface area contributed by atoms with Crippen LogP contribution in [0.4, 0.5) is 11.5 Å². The summed E-state index contributed by atoms with van der Waals surface area (Å²) in [5.41, 5.74) is 11.7. The van der Waals surface area contributed by atoms with Crippen molar-refractivity contribution in [2.45, 2.75) is 51.2 Å². The molecule has 1 fully saturated rings. The number of nitrogens with zero attached hydrogens (tertiary/aromatic N) is 1. The number of hydrogen-bond acceptors (Lipinski definition) is 5. The molecule has 1 unspecified atom stereocenters. The van der Waals surface area contributed by atoms with E-state index in [0.29, 0.717) is 23.7 Å². The molecule has 1 aromatic rings. The molecule has 21 heavy (non-hydrogen) atoms. The zero-order chi connectivity index (χ0) is 15.5. The van der Waals surface area contributed by atoms with Crippen molar-refractivity contribution in [1.29, 1.82) is 0 Å². The van der Waals surface area contributed by atoms with Gasteiger partial charge in [0.1, 0.15) is 5.82 Å². The number of hydrogen-bond donors (Lipinski definition) is 3. The Morgan fingerprint density at radius 2 is 2.24 bits per heavy atom. The zero-order valence-electron chi connectivity index (χ0n) is 12.7. The summed E-state index contributed by atoms with van der Waals surface area (Å²) >= 11 is 0. The van der Waals surface area contributed by atoms with Crippen LogP contribution in [-0.4, -0.2) is 29.1 Å². The summed E-state index contributed by atoms with van der Waals surface area (Å²) in [6.45, 7) is 4.99. The van der Waals surface area contributed by atoms with Crippen molar-refractivity contribution in [1.82, 2.24) is 4.98 Å². The topological polar surface area (TPSA) is 103 Å². The van der Waals surface area contributed by atoms with Gasteiger partial charge in [0.25, 0.3) is 5.91 Å². The predicted molar refractivity (Wildman–Crippen MR) is 83.1 cm³/mol. The van der Waals surface area contributed by atoms with Crippen LogP contribution in [0.5, 0.6) is 0 Å². The maximum absolute atomic E-state index is 11.5. The minimum atomic E-state index is -0.526. The number of aromatic nitrogens is 1. The maximum atomic E-state index is 11.5. The summed E-state index contributed by atoms with van der Waals surface area (Å²) in [6.07, 6.45) is 5.25. The van der Waals surface area contributed by atoms with Crippen LogP contribution in [0.15, 0.2) is 12.3 Å². The number of nitrogen functional groups attached to an aromatic ring is 1. The van der Waals surface area contributed by atoms with E-state index in [2.05, 4.69) is 24.1 Å².